The summed E-state index contributed by atoms with van der Waals surface area (Å²) in [5.41, 5.74) is 0.300. The van der Waals surface area contributed by atoms with Gasteiger partial charge in [-0.25, -0.2) is 12.8 Å². The number of hydrogen-bond acceptors (Lipinski definition) is 7. The van der Waals surface area contributed by atoms with Crippen molar-refractivity contribution in [2.24, 2.45) is 0 Å². The monoisotopic (exact) mass is 499 g/mol. The van der Waals surface area contributed by atoms with E-state index in [0.717, 1.165) is 47.8 Å². The molecular formula is C24H22FN3O6S. The zero-order chi connectivity index (χ0) is 25.2. The number of methoxy groups -OCH3 is 1. The van der Waals surface area contributed by atoms with Crippen LogP contribution in [0.2, 0.25) is 0 Å². The second kappa shape index (κ2) is 9.71. The standard InChI is InChI=1S/C24H22FN3O6S/c1-34-20-7-5-19(6-8-20)26-12-14-27(15-13-26)24(29)17-2-11-23(22(16-17)28(30)31)35(32,33)21-9-3-18(25)4-10-21/h2-11,16H,12-15H2,1H3. The van der Waals surface area contributed by atoms with Gasteiger partial charge in [0.25, 0.3) is 11.6 Å². The van der Waals surface area contributed by atoms with Crippen LogP contribution in [0.5, 0.6) is 5.75 Å². The molecule has 1 aliphatic heterocycles. The lowest BCUT2D eigenvalue weighted by Crippen LogP contribution is -2.48. The van der Waals surface area contributed by atoms with Crippen molar-refractivity contribution in [2.45, 2.75) is 9.79 Å². The number of sulfone groups is 1. The van der Waals surface area contributed by atoms with Crippen molar-refractivity contribution in [1.82, 2.24) is 4.90 Å². The molecule has 1 aliphatic rings. The minimum absolute atomic E-state index is 0.0210. The summed E-state index contributed by atoms with van der Waals surface area (Å²) >= 11 is 0. The fourth-order valence-corrected chi connectivity index (χ4v) is 5.31. The first kappa shape index (κ1) is 24.1. The lowest BCUT2D eigenvalue weighted by atomic mass is 10.1. The van der Waals surface area contributed by atoms with Gasteiger partial charge in [-0.1, -0.05) is 0 Å². The molecule has 0 atom stereocenters. The quantitative estimate of drug-likeness (QED) is 0.290. The number of carbonyl (C=O) groups is 1. The van der Waals surface area contributed by atoms with Crippen molar-refractivity contribution < 1.29 is 27.3 Å². The molecule has 1 fully saturated rings. The van der Waals surface area contributed by atoms with Crippen molar-refractivity contribution in [3.63, 3.8) is 0 Å². The molecule has 0 saturated carbocycles. The Bertz CT molecular complexity index is 1350. The maximum atomic E-state index is 13.2. The van der Waals surface area contributed by atoms with E-state index >= 15 is 0 Å². The fraction of sp³-hybridized carbons (Fsp3) is 0.208. The highest BCUT2D eigenvalue weighted by molar-refractivity contribution is 7.91. The third kappa shape index (κ3) is 4.94. The second-order valence-electron chi connectivity index (χ2n) is 7.87. The van der Waals surface area contributed by atoms with Crippen LogP contribution in [0.15, 0.2) is 76.5 Å². The number of halogens is 1. The predicted octanol–water partition coefficient (Wildman–Crippen LogP) is 3.54. The first-order valence-corrected chi connectivity index (χ1v) is 12.2. The third-order valence-corrected chi connectivity index (χ3v) is 7.64. The predicted molar refractivity (Wildman–Crippen MR) is 126 cm³/mol. The molecule has 35 heavy (non-hydrogen) atoms. The van der Waals surface area contributed by atoms with Crippen LogP contribution in [0.4, 0.5) is 15.8 Å². The van der Waals surface area contributed by atoms with Crippen LogP contribution in [-0.4, -0.2) is 57.4 Å². The summed E-state index contributed by atoms with van der Waals surface area (Å²) in [5, 5.41) is 11.7. The van der Waals surface area contributed by atoms with Crippen LogP contribution in [0.3, 0.4) is 0 Å². The molecule has 182 valence electrons. The molecule has 3 aromatic rings. The average molecular weight is 500 g/mol. The summed E-state index contributed by atoms with van der Waals surface area (Å²) in [4.78, 5) is 26.7. The molecule has 11 heteroatoms. The Kier molecular flexibility index (Phi) is 6.70. The third-order valence-electron chi connectivity index (χ3n) is 5.82. The SMILES string of the molecule is COc1ccc(N2CCN(C(=O)c3ccc(S(=O)(=O)c4ccc(F)cc4)c([N+](=O)[O-])c3)CC2)cc1. The van der Waals surface area contributed by atoms with Crippen LogP contribution in [-0.2, 0) is 9.84 Å². The van der Waals surface area contributed by atoms with E-state index in [1.807, 2.05) is 24.3 Å². The van der Waals surface area contributed by atoms with E-state index in [1.165, 1.54) is 6.07 Å². The van der Waals surface area contributed by atoms with Gasteiger partial charge in [0.2, 0.25) is 9.84 Å². The first-order chi connectivity index (χ1) is 16.7. The van der Waals surface area contributed by atoms with Crippen LogP contribution in [0.25, 0.3) is 0 Å². The Balaban J connectivity index is 1.53. The van der Waals surface area contributed by atoms with Gasteiger partial charge in [0.15, 0.2) is 0 Å². The van der Waals surface area contributed by atoms with Gasteiger partial charge >= 0.3 is 0 Å². The molecule has 1 heterocycles. The maximum Gasteiger partial charge on any atom is 0.289 e. The van der Waals surface area contributed by atoms with Gasteiger partial charge in [0.1, 0.15) is 16.5 Å². The van der Waals surface area contributed by atoms with Gasteiger partial charge in [-0.2, -0.15) is 0 Å². The number of nitro groups is 1. The van der Waals surface area contributed by atoms with E-state index in [9.17, 15) is 27.7 Å². The Hall–Kier alpha value is -3.99. The molecular weight excluding hydrogens is 477 g/mol. The number of carbonyl (C=O) groups excluding carboxylic acids is 1. The molecule has 3 aromatic carbocycles. The fourth-order valence-electron chi connectivity index (χ4n) is 3.90. The van der Waals surface area contributed by atoms with E-state index < -0.39 is 37.1 Å². The molecule has 0 N–H and O–H groups in total. The molecule has 0 radical (unpaired) electrons. The number of anilines is 1. The summed E-state index contributed by atoms with van der Waals surface area (Å²) in [6.07, 6.45) is 0. The number of benzene rings is 3. The Morgan fingerprint density at radius 1 is 0.971 bits per heavy atom. The number of hydrogen-bond donors (Lipinski definition) is 0. The number of nitrogens with zero attached hydrogens (tertiary/aromatic N) is 3. The lowest BCUT2D eigenvalue weighted by Gasteiger charge is -2.36. The second-order valence-corrected chi connectivity index (χ2v) is 9.79. The Morgan fingerprint density at radius 3 is 2.17 bits per heavy atom. The molecule has 0 aliphatic carbocycles. The lowest BCUT2D eigenvalue weighted by molar-refractivity contribution is -0.387. The Morgan fingerprint density at radius 2 is 1.60 bits per heavy atom. The molecule has 0 aromatic heterocycles. The van der Waals surface area contributed by atoms with Crippen LogP contribution in [0, 0.1) is 15.9 Å². The topological polar surface area (TPSA) is 110 Å². The normalized spacial score (nSPS) is 14.0. The number of amides is 1. The Labute approximate surface area is 201 Å². The molecule has 0 unspecified atom stereocenters. The van der Waals surface area contributed by atoms with Crippen molar-refractivity contribution >= 4 is 27.1 Å². The highest BCUT2D eigenvalue weighted by Gasteiger charge is 2.30. The summed E-state index contributed by atoms with van der Waals surface area (Å²) in [6.45, 7) is 1.93. The van der Waals surface area contributed by atoms with Gasteiger partial charge in [-0.3, -0.25) is 14.9 Å². The minimum atomic E-state index is -4.29. The van der Waals surface area contributed by atoms with E-state index in [1.54, 1.807) is 12.0 Å². The van der Waals surface area contributed by atoms with Gasteiger partial charge in [0, 0.05) is 43.5 Å². The van der Waals surface area contributed by atoms with Crippen molar-refractivity contribution in [3.8, 4) is 5.75 Å². The van der Waals surface area contributed by atoms with Gasteiger partial charge in [-0.05, 0) is 60.7 Å². The summed E-state index contributed by atoms with van der Waals surface area (Å²) in [7, 11) is -2.70. The molecule has 4 rings (SSSR count). The van der Waals surface area contributed by atoms with Crippen LogP contribution >= 0.6 is 0 Å². The average Bonchev–Trinajstić information content (AvgIpc) is 2.88. The maximum absolute atomic E-state index is 13.2. The van der Waals surface area contributed by atoms with Crippen molar-refractivity contribution in [1.29, 1.82) is 0 Å². The number of rotatable bonds is 6. The zero-order valence-corrected chi connectivity index (χ0v) is 19.6. The number of nitro benzene ring substituents is 1. The molecule has 1 saturated heterocycles. The minimum Gasteiger partial charge on any atom is -0.497 e. The summed E-state index contributed by atoms with van der Waals surface area (Å²) < 4.78 is 44.2. The van der Waals surface area contributed by atoms with Crippen LogP contribution in [0.1, 0.15) is 10.4 Å². The van der Waals surface area contributed by atoms with Crippen molar-refractivity contribution in [3.05, 3.63) is 88.2 Å². The highest BCUT2D eigenvalue weighted by Crippen LogP contribution is 2.31. The summed E-state index contributed by atoms with van der Waals surface area (Å²) in [6, 6.07) is 14.9. The van der Waals surface area contributed by atoms with Gasteiger partial charge in [0.05, 0.1) is 16.9 Å². The molecule has 0 bridgehead atoms. The molecule has 0 spiro atoms. The van der Waals surface area contributed by atoms with E-state index in [4.69, 9.17) is 4.74 Å². The van der Waals surface area contributed by atoms with Crippen LogP contribution < -0.4 is 9.64 Å². The molecule has 1 amide bonds. The van der Waals surface area contributed by atoms with Gasteiger partial charge in [-0.15, -0.1) is 0 Å². The smallest absolute Gasteiger partial charge is 0.289 e. The molecule has 9 nitrogen and oxygen atoms in total. The number of ether oxygens (including phenoxy) is 1. The van der Waals surface area contributed by atoms with E-state index in [-0.39, 0.29) is 10.5 Å². The largest absolute Gasteiger partial charge is 0.497 e. The summed E-state index contributed by atoms with van der Waals surface area (Å²) in [5.74, 6) is -0.311. The number of piperazine rings is 1. The zero-order valence-electron chi connectivity index (χ0n) is 18.8. The van der Waals surface area contributed by atoms with E-state index in [2.05, 4.69) is 4.90 Å². The highest BCUT2D eigenvalue weighted by atomic mass is 32.2. The first-order valence-electron chi connectivity index (χ1n) is 10.7. The van der Waals surface area contributed by atoms with Gasteiger partial charge < -0.3 is 14.5 Å². The van der Waals surface area contributed by atoms with E-state index in [0.29, 0.717) is 26.2 Å². The van der Waals surface area contributed by atoms with Crippen molar-refractivity contribution in [2.75, 3.05) is 38.2 Å².